The van der Waals surface area contributed by atoms with Gasteiger partial charge in [0, 0.05) is 11.6 Å². The van der Waals surface area contributed by atoms with Crippen molar-refractivity contribution in [3.05, 3.63) is 78.2 Å². The number of anilines is 1. The molecule has 0 amide bonds. The molecular formula is C23H24FN5O. The Hall–Kier alpha value is -3.45. The summed E-state index contributed by atoms with van der Waals surface area (Å²) in [6, 6.07) is 17.9. The SMILES string of the molecule is C[C@@H](N)COc1cccc(-c2cnc3ccc(N[C@H](C)c4cccc(F)c4)nn23)c1. The molecule has 0 radical (unpaired) electrons. The van der Waals surface area contributed by atoms with Crippen LogP contribution in [0.2, 0.25) is 0 Å². The summed E-state index contributed by atoms with van der Waals surface area (Å²) < 4.78 is 21.1. The highest BCUT2D eigenvalue weighted by atomic mass is 19.1. The van der Waals surface area contributed by atoms with Crippen molar-refractivity contribution >= 4 is 11.5 Å². The number of hydrogen-bond acceptors (Lipinski definition) is 5. The zero-order valence-electron chi connectivity index (χ0n) is 16.9. The Kier molecular flexibility index (Phi) is 5.63. The van der Waals surface area contributed by atoms with Crippen molar-refractivity contribution in [3.63, 3.8) is 0 Å². The zero-order valence-corrected chi connectivity index (χ0v) is 16.9. The third kappa shape index (κ3) is 4.41. The van der Waals surface area contributed by atoms with Crippen LogP contribution >= 0.6 is 0 Å². The lowest BCUT2D eigenvalue weighted by Gasteiger charge is -2.15. The third-order valence-corrected chi connectivity index (χ3v) is 4.72. The molecule has 4 rings (SSSR count). The summed E-state index contributed by atoms with van der Waals surface area (Å²) >= 11 is 0. The molecule has 0 bridgehead atoms. The van der Waals surface area contributed by atoms with Crippen molar-refractivity contribution in [2.24, 2.45) is 5.73 Å². The van der Waals surface area contributed by atoms with Gasteiger partial charge in [-0.25, -0.2) is 13.9 Å². The van der Waals surface area contributed by atoms with Gasteiger partial charge in [0.25, 0.3) is 0 Å². The van der Waals surface area contributed by atoms with E-state index in [1.165, 1.54) is 12.1 Å². The molecule has 2 heterocycles. The van der Waals surface area contributed by atoms with Crippen molar-refractivity contribution in [2.45, 2.75) is 25.9 Å². The van der Waals surface area contributed by atoms with Crippen molar-refractivity contribution in [3.8, 4) is 17.0 Å². The van der Waals surface area contributed by atoms with Gasteiger partial charge in [-0.15, -0.1) is 5.10 Å². The highest BCUT2D eigenvalue weighted by molar-refractivity contribution is 5.65. The van der Waals surface area contributed by atoms with Gasteiger partial charge >= 0.3 is 0 Å². The van der Waals surface area contributed by atoms with Crippen LogP contribution in [-0.2, 0) is 0 Å². The van der Waals surface area contributed by atoms with E-state index in [-0.39, 0.29) is 17.9 Å². The smallest absolute Gasteiger partial charge is 0.154 e. The minimum absolute atomic E-state index is 0.0418. The van der Waals surface area contributed by atoms with E-state index in [1.54, 1.807) is 16.8 Å². The second-order valence-electron chi connectivity index (χ2n) is 7.37. The van der Waals surface area contributed by atoms with E-state index in [9.17, 15) is 4.39 Å². The molecule has 30 heavy (non-hydrogen) atoms. The van der Waals surface area contributed by atoms with Crippen LogP contribution < -0.4 is 15.8 Å². The number of nitrogens with two attached hydrogens (primary N) is 1. The summed E-state index contributed by atoms with van der Waals surface area (Å²) in [7, 11) is 0. The standard InChI is InChI=1S/C23H24FN5O/c1-15(25)14-30-20-8-4-6-18(12-20)21-13-26-23-10-9-22(28-29(21)23)27-16(2)17-5-3-7-19(24)11-17/h3-13,15-16H,14,25H2,1-2H3,(H,27,28)/t15-,16-/m1/s1. The lowest BCUT2D eigenvalue weighted by atomic mass is 10.1. The largest absolute Gasteiger partial charge is 0.492 e. The predicted octanol–water partition coefficient (Wildman–Crippen LogP) is 4.43. The molecule has 0 saturated heterocycles. The van der Waals surface area contributed by atoms with E-state index in [0.29, 0.717) is 12.4 Å². The Balaban J connectivity index is 1.61. The summed E-state index contributed by atoms with van der Waals surface area (Å²) in [6.45, 7) is 4.31. The first-order chi connectivity index (χ1) is 14.5. The van der Waals surface area contributed by atoms with Gasteiger partial charge in [-0.3, -0.25) is 0 Å². The van der Waals surface area contributed by atoms with E-state index < -0.39 is 0 Å². The summed E-state index contributed by atoms with van der Waals surface area (Å²) in [5.74, 6) is 1.16. The number of nitrogens with zero attached hydrogens (tertiary/aromatic N) is 3. The maximum absolute atomic E-state index is 13.5. The van der Waals surface area contributed by atoms with Gasteiger partial charge in [0.05, 0.1) is 17.9 Å². The van der Waals surface area contributed by atoms with Crippen molar-refractivity contribution < 1.29 is 9.13 Å². The Morgan fingerprint density at radius 2 is 1.93 bits per heavy atom. The Morgan fingerprint density at radius 1 is 1.10 bits per heavy atom. The van der Waals surface area contributed by atoms with Crippen LogP contribution in [0.15, 0.2) is 66.9 Å². The molecule has 0 unspecified atom stereocenters. The first-order valence-electron chi connectivity index (χ1n) is 9.85. The Labute approximate surface area is 174 Å². The molecule has 7 heteroatoms. The quantitative estimate of drug-likeness (QED) is 0.475. The maximum atomic E-state index is 13.5. The average Bonchev–Trinajstić information content (AvgIpc) is 3.16. The molecule has 0 fully saturated rings. The van der Waals surface area contributed by atoms with Gasteiger partial charge in [-0.2, -0.15) is 0 Å². The number of benzene rings is 2. The highest BCUT2D eigenvalue weighted by Crippen LogP contribution is 2.26. The maximum Gasteiger partial charge on any atom is 0.154 e. The second kappa shape index (κ2) is 8.51. The minimum Gasteiger partial charge on any atom is -0.492 e. The minimum atomic E-state index is -0.257. The van der Waals surface area contributed by atoms with E-state index in [4.69, 9.17) is 15.6 Å². The van der Waals surface area contributed by atoms with E-state index >= 15 is 0 Å². The fraction of sp³-hybridized carbons (Fsp3) is 0.217. The van der Waals surface area contributed by atoms with Crippen LogP contribution in [0.4, 0.5) is 10.2 Å². The summed E-state index contributed by atoms with van der Waals surface area (Å²) in [4.78, 5) is 4.45. The zero-order chi connectivity index (χ0) is 21.1. The first-order valence-corrected chi connectivity index (χ1v) is 9.85. The Bertz CT molecular complexity index is 1160. The molecule has 0 spiro atoms. The van der Waals surface area contributed by atoms with Crippen LogP contribution in [0.25, 0.3) is 16.9 Å². The van der Waals surface area contributed by atoms with Gasteiger partial charge < -0.3 is 15.8 Å². The van der Waals surface area contributed by atoms with E-state index in [1.807, 2.05) is 56.3 Å². The molecule has 0 aliphatic rings. The average molecular weight is 405 g/mol. The van der Waals surface area contributed by atoms with Crippen LogP contribution in [0.3, 0.4) is 0 Å². The number of aromatic nitrogens is 3. The molecule has 154 valence electrons. The van der Waals surface area contributed by atoms with Gasteiger partial charge in [-0.1, -0.05) is 24.3 Å². The number of nitrogens with one attached hydrogen (secondary N) is 1. The second-order valence-corrected chi connectivity index (χ2v) is 7.37. The van der Waals surface area contributed by atoms with Gasteiger partial charge in [-0.05, 0) is 55.8 Å². The molecular weight excluding hydrogens is 381 g/mol. The summed E-state index contributed by atoms with van der Waals surface area (Å²) in [6.07, 6.45) is 1.78. The summed E-state index contributed by atoms with van der Waals surface area (Å²) in [5.41, 5.74) is 9.14. The van der Waals surface area contributed by atoms with E-state index in [2.05, 4.69) is 10.3 Å². The lowest BCUT2D eigenvalue weighted by molar-refractivity contribution is 0.296. The normalized spacial score (nSPS) is 13.2. The van der Waals surface area contributed by atoms with Crippen LogP contribution in [0, 0.1) is 5.82 Å². The fourth-order valence-electron chi connectivity index (χ4n) is 3.20. The number of fused-ring (bicyclic) bond motifs is 1. The molecule has 3 N–H and O–H groups in total. The first kappa shape index (κ1) is 19.8. The van der Waals surface area contributed by atoms with Gasteiger partial charge in [0.2, 0.25) is 0 Å². The highest BCUT2D eigenvalue weighted by Gasteiger charge is 2.12. The molecule has 2 atom stereocenters. The summed E-state index contributed by atoms with van der Waals surface area (Å²) in [5, 5.41) is 8.02. The van der Waals surface area contributed by atoms with Crippen LogP contribution in [-0.4, -0.2) is 27.2 Å². The van der Waals surface area contributed by atoms with Crippen molar-refractivity contribution in [1.29, 1.82) is 0 Å². The molecule has 0 aliphatic carbocycles. The Morgan fingerprint density at radius 3 is 2.73 bits per heavy atom. The monoisotopic (exact) mass is 405 g/mol. The number of halogens is 1. The lowest BCUT2D eigenvalue weighted by Crippen LogP contribution is -2.23. The van der Waals surface area contributed by atoms with Crippen molar-refractivity contribution in [2.75, 3.05) is 11.9 Å². The number of hydrogen-bond donors (Lipinski definition) is 2. The molecule has 2 aromatic heterocycles. The molecule has 0 saturated carbocycles. The third-order valence-electron chi connectivity index (χ3n) is 4.72. The molecule has 2 aromatic carbocycles. The number of ether oxygens (including phenoxy) is 1. The van der Waals surface area contributed by atoms with E-state index in [0.717, 1.165) is 28.2 Å². The molecule has 0 aliphatic heterocycles. The molecule has 4 aromatic rings. The van der Waals surface area contributed by atoms with Gasteiger partial charge in [0.1, 0.15) is 24.0 Å². The fourth-order valence-corrected chi connectivity index (χ4v) is 3.20. The predicted molar refractivity (Wildman–Crippen MR) is 116 cm³/mol. The number of rotatable bonds is 7. The van der Waals surface area contributed by atoms with Crippen LogP contribution in [0.5, 0.6) is 5.75 Å². The van der Waals surface area contributed by atoms with Gasteiger partial charge in [0.15, 0.2) is 5.65 Å². The number of imidazole rings is 1. The molecule has 6 nitrogen and oxygen atoms in total. The topological polar surface area (TPSA) is 77.5 Å². The van der Waals surface area contributed by atoms with Crippen LogP contribution in [0.1, 0.15) is 25.5 Å². The van der Waals surface area contributed by atoms with Crippen molar-refractivity contribution in [1.82, 2.24) is 14.6 Å².